The average molecular weight is 472 g/mol. The van der Waals surface area contributed by atoms with Crippen LogP contribution in [0.5, 0.6) is 5.88 Å². The van der Waals surface area contributed by atoms with E-state index < -0.39 is 22.0 Å². The molecule has 0 amide bonds. The number of esters is 2. The summed E-state index contributed by atoms with van der Waals surface area (Å²) in [5.74, 6) is -1.28. The van der Waals surface area contributed by atoms with Gasteiger partial charge in [0.2, 0.25) is 5.88 Å². The van der Waals surface area contributed by atoms with E-state index in [0.29, 0.717) is 5.69 Å². The van der Waals surface area contributed by atoms with E-state index in [4.69, 9.17) is 14.2 Å². The molecule has 1 aliphatic heterocycles. The number of hydrogen-bond acceptors (Lipinski definition) is 10. The molecule has 0 fully saturated rings. The average Bonchev–Trinajstić information content (AvgIpc) is 3.06. The first-order valence-corrected chi connectivity index (χ1v) is 10.8. The van der Waals surface area contributed by atoms with Gasteiger partial charge in [-0.15, -0.1) is 0 Å². The quantitative estimate of drug-likeness (QED) is 0.594. The van der Waals surface area contributed by atoms with Gasteiger partial charge in [-0.1, -0.05) is 6.08 Å². The molecule has 0 aliphatic carbocycles. The molecule has 0 radical (unpaired) electrons. The van der Waals surface area contributed by atoms with Gasteiger partial charge in [0.25, 0.3) is 10.0 Å². The third-order valence-electron chi connectivity index (χ3n) is 4.40. The molecule has 2 aromatic rings. The summed E-state index contributed by atoms with van der Waals surface area (Å²) < 4.78 is 42.4. The lowest BCUT2D eigenvalue weighted by Crippen LogP contribution is -2.27. The van der Waals surface area contributed by atoms with Crippen molar-refractivity contribution in [2.75, 3.05) is 31.0 Å². The van der Waals surface area contributed by atoms with E-state index in [1.807, 2.05) is 0 Å². The van der Waals surface area contributed by atoms with Crippen LogP contribution in [-0.2, 0) is 29.1 Å². The normalized spacial score (nSPS) is 13.4. The minimum atomic E-state index is -3.98. The van der Waals surface area contributed by atoms with Crippen molar-refractivity contribution in [1.29, 1.82) is 0 Å². The summed E-state index contributed by atoms with van der Waals surface area (Å²) >= 11 is 0. The number of rotatable bonds is 7. The maximum atomic E-state index is 12.7. The number of anilines is 2. The number of nitrogens with one attached hydrogen (secondary N) is 1. The molecule has 1 aromatic carbocycles. The van der Waals surface area contributed by atoms with Crippen molar-refractivity contribution in [3.05, 3.63) is 72.4 Å². The van der Waals surface area contributed by atoms with Crippen molar-refractivity contribution in [2.45, 2.75) is 4.90 Å². The Kier molecular flexibility index (Phi) is 7.08. The summed E-state index contributed by atoms with van der Waals surface area (Å²) in [4.78, 5) is 33.8. The zero-order valence-corrected chi connectivity index (χ0v) is 18.7. The molecule has 33 heavy (non-hydrogen) atoms. The number of benzene rings is 1. The largest absolute Gasteiger partial charge is 0.481 e. The molecule has 0 unspecified atom stereocenters. The van der Waals surface area contributed by atoms with E-state index in [9.17, 15) is 18.0 Å². The van der Waals surface area contributed by atoms with Gasteiger partial charge < -0.3 is 19.1 Å². The first-order chi connectivity index (χ1) is 15.8. The van der Waals surface area contributed by atoms with Crippen molar-refractivity contribution in [3.63, 3.8) is 0 Å². The molecule has 0 bridgehead atoms. The molecule has 1 N–H and O–H groups in total. The van der Waals surface area contributed by atoms with E-state index in [1.165, 1.54) is 75.2 Å². The fourth-order valence-electron chi connectivity index (χ4n) is 2.85. The van der Waals surface area contributed by atoms with E-state index in [2.05, 4.69) is 14.7 Å². The van der Waals surface area contributed by atoms with Gasteiger partial charge in [-0.25, -0.2) is 28.0 Å². The van der Waals surface area contributed by atoms with Gasteiger partial charge in [-0.05, 0) is 36.4 Å². The molecule has 11 nitrogen and oxygen atoms in total. The Balaban J connectivity index is 1.96. The van der Waals surface area contributed by atoms with Crippen molar-refractivity contribution >= 4 is 33.5 Å². The second-order valence-electron chi connectivity index (χ2n) is 6.36. The first kappa shape index (κ1) is 23.5. The Labute approximate surface area is 190 Å². The Morgan fingerprint density at radius 1 is 0.970 bits per heavy atom. The van der Waals surface area contributed by atoms with Crippen LogP contribution in [0.15, 0.2) is 77.3 Å². The van der Waals surface area contributed by atoms with Crippen molar-refractivity contribution < 1.29 is 32.2 Å². The second kappa shape index (κ2) is 9.96. The number of carbonyl (C=O) groups is 2. The van der Waals surface area contributed by atoms with Gasteiger partial charge in [-0.3, -0.25) is 4.72 Å². The fourth-order valence-corrected chi connectivity index (χ4v) is 3.85. The minimum Gasteiger partial charge on any atom is -0.481 e. The van der Waals surface area contributed by atoms with Crippen LogP contribution in [0.2, 0.25) is 0 Å². The predicted molar refractivity (Wildman–Crippen MR) is 118 cm³/mol. The summed E-state index contributed by atoms with van der Waals surface area (Å²) in [6.45, 7) is 0. The number of aromatic nitrogens is 2. The number of ether oxygens (including phenoxy) is 3. The fraction of sp³-hybridized carbons (Fsp3) is 0.143. The summed E-state index contributed by atoms with van der Waals surface area (Å²) in [6.07, 6.45) is 7.29. The van der Waals surface area contributed by atoms with Crippen LogP contribution in [0.1, 0.15) is 0 Å². The lowest BCUT2D eigenvalue weighted by Gasteiger charge is -2.23. The number of methoxy groups -OCH3 is 3. The Morgan fingerprint density at radius 2 is 1.67 bits per heavy atom. The number of allylic oxidation sites excluding steroid dienone is 2. The van der Waals surface area contributed by atoms with Crippen LogP contribution >= 0.6 is 0 Å². The van der Waals surface area contributed by atoms with Gasteiger partial charge in [0.15, 0.2) is 0 Å². The molecule has 2 heterocycles. The highest BCUT2D eigenvalue weighted by molar-refractivity contribution is 7.92. The Hall–Kier alpha value is -4.19. The second-order valence-corrected chi connectivity index (χ2v) is 8.04. The summed E-state index contributed by atoms with van der Waals surface area (Å²) in [5.41, 5.74) is 0.293. The highest BCUT2D eigenvalue weighted by Gasteiger charge is 2.27. The number of carbonyl (C=O) groups excluding carboxylic acids is 2. The third-order valence-corrected chi connectivity index (χ3v) is 5.78. The van der Waals surface area contributed by atoms with Crippen LogP contribution in [0, 0.1) is 0 Å². The molecule has 1 aliphatic rings. The lowest BCUT2D eigenvalue weighted by atomic mass is 10.1. The molecule has 0 atom stereocenters. The van der Waals surface area contributed by atoms with Crippen molar-refractivity contribution in [1.82, 2.24) is 9.97 Å². The standard InChI is InChI=1S/C21H20N4O7S/c1-30-18-12-17(22-13-23-18)24-33(28,29)15-9-7-14(8-10-15)25-11-5-4-6-16(20(26)31-2)19(25)21(27)32-3/h4-13H,1-3H3,(H,22,23,24). The Bertz CT molecular complexity index is 1250. The van der Waals surface area contributed by atoms with E-state index in [1.54, 1.807) is 12.2 Å². The molecular weight excluding hydrogens is 452 g/mol. The van der Waals surface area contributed by atoms with E-state index in [0.717, 1.165) is 0 Å². The van der Waals surface area contributed by atoms with Gasteiger partial charge in [0.05, 0.1) is 31.8 Å². The van der Waals surface area contributed by atoms with Crippen LogP contribution < -0.4 is 14.4 Å². The highest BCUT2D eigenvalue weighted by atomic mass is 32.2. The lowest BCUT2D eigenvalue weighted by molar-refractivity contribution is -0.139. The molecule has 0 saturated carbocycles. The smallest absolute Gasteiger partial charge is 0.355 e. The summed E-state index contributed by atoms with van der Waals surface area (Å²) in [7, 11) is -0.201. The maximum absolute atomic E-state index is 12.7. The van der Waals surface area contributed by atoms with Gasteiger partial charge in [-0.2, -0.15) is 0 Å². The van der Waals surface area contributed by atoms with E-state index in [-0.39, 0.29) is 27.9 Å². The Morgan fingerprint density at radius 3 is 2.30 bits per heavy atom. The molecule has 12 heteroatoms. The zero-order valence-electron chi connectivity index (χ0n) is 17.9. The summed E-state index contributed by atoms with van der Waals surface area (Å²) in [5, 5.41) is 0. The third kappa shape index (κ3) is 5.18. The molecule has 0 spiro atoms. The van der Waals surface area contributed by atoms with Gasteiger partial charge in [0, 0.05) is 18.0 Å². The molecule has 1 aromatic heterocycles. The highest BCUT2D eigenvalue weighted by Crippen LogP contribution is 2.28. The van der Waals surface area contributed by atoms with Crippen LogP contribution in [0.3, 0.4) is 0 Å². The predicted octanol–water partition coefficient (Wildman–Crippen LogP) is 1.78. The van der Waals surface area contributed by atoms with Crippen molar-refractivity contribution in [3.8, 4) is 5.88 Å². The first-order valence-electron chi connectivity index (χ1n) is 9.34. The van der Waals surface area contributed by atoms with Crippen LogP contribution in [-0.4, -0.2) is 51.7 Å². The summed E-state index contributed by atoms with van der Waals surface area (Å²) in [6, 6.07) is 6.97. The van der Waals surface area contributed by atoms with Gasteiger partial charge >= 0.3 is 11.9 Å². The number of hydrogen-bond donors (Lipinski definition) is 1. The van der Waals surface area contributed by atoms with Crippen LogP contribution in [0.25, 0.3) is 0 Å². The molecule has 172 valence electrons. The molecule has 3 rings (SSSR count). The van der Waals surface area contributed by atoms with Crippen LogP contribution in [0.4, 0.5) is 11.5 Å². The van der Waals surface area contributed by atoms with Crippen molar-refractivity contribution in [2.24, 2.45) is 0 Å². The van der Waals surface area contributed by atoms with Gasteiger partial charge in [0.1, 0.15) is 17.8 Å². The number of sulfonamides is 1. The topological polar surface area (TPSA) is 137 Å². The maximum Gasteiger partial charge on any atom is 0.355 e. The number of nitrogens with zero attached hydrogens (tertiary/aromatic N) is 3. The minimum absolute atomic E-state index is 0.0228. The zero-order chi connectivity index (χ0) is 24.0. The molecular formula is C21H20N4O7S. The monoisotopic (exact) mass is 472 g/mol. The molecule has 0 saturated heterocycles. The van der Waals surface area contributed by atoms with E-state index >= 15 is 0 Å². The SMILES string of the molecule is COC(=O)C1=C(C(=O)OC)N(c2ccc(S(=O)(=O)Nc3cc(OC)ncn3)cc2)C=CC=C1.